The highest BCUT2D eigenvalue weighted by atomic mass is 16.4. The maximum atomic E-state index is 12.4. The van der Waals surface area contributed by atoms with E-state index in [-0.39, 0.29) is 5.91 Å². The molecule has 2 rings (SSSR count). The van der Waals surface area contributed by atoms with Crippen molar-refractivity contribution in [1.29, 1.82) is 0 Å². The highest BCUT2D eigenvalue weighted by molar-refractivity contribution is 5.90. The van der Waals surface area contributed by atoms with Crippen LogP contribution in [0.2, 0.25) is 0 Å². The molecule has 2 atom stereocenters. The van der Waals surface area contributed by atoms with Crippen LogP contribution < -0.4 is 10.6 Å². The molecule has 1 aromatic carbocycles. The van der Waals surface area contributed by atoms with Gasteiger partial charge in [-0.25, -0.2) is 4.79 Å². The second-order valence-corrected chi connectivity index (χ2v) is 5.37. The Morgan fingerprint density at radius 2 is 2.00 bits per heavy atom. The molecule has 0 radical (unpaired) electrons. The minimum absolute atomic E-state index is 0.256. The predicted octanol–water partition coefficient (Wildman–Crippen LogP) is 1.46. The largest absolute Gasteiger partial charge is 0.479 e. The molecule has 0 aliphatic carbocycles. The van der Waals surface area contributed by atoms with Gasteiger partial charge in [-0.15, -0.1) is 0 Å². The number of carbonyl (C=O) groups excluding carboxylic acids is 1. The van der Waals surface area contributed by atoms with Gasteiger partial charge in [-0.1, -0.05) is 30.3 Å². The Balaban J connectivity index is 2.12. The molecule has 1 aliphatic heterocycles. The Bertz CT molecular complexity index is 481. The molecule has 0 aromatic heterocycles. The van der Waals surface area contributed by atoms with Crippen molar-refractivity contribution < 1.29 is 14.7 Å². The zero-order valence-corrected chi connectivity index (χ0v) is 11.6. The number of piperidine rings is 1. The number of rotatable bonds is 4. The molecule has 1 heterocycles. The van der Waals surface area contributed by atoms with E-state index >= 15 is 0 Å². The number of carboxylic acids is 1. The summed E-state index contributed by atoms with van der Waals surface area (Å²) in [6.45, 7) is 2.61. The molecule has 1 amide bonds. The predicted molar refractivity (Wildman–Crippen MR) is 75.2 cm³/mol. The molecule has 3 N–H and O–H groups in total. The second kappa shape index (κ2) is 6.05. The van der Waals surface area contributed by atoms with E-state index < -0.39 is 17.6 Å². The minimum atomic E-state index is -1.05. The summed E-state index contributed by atoms with van der Waals surface area (Å²) in [6, 6.07) is 7.74. The Hall–Kier alpha value is -1.88. The van der Waals surface area contributed by atoms with Crippen molar-refractivity contribution in [3.8, 4) is 0 Å². The van der Waals surface area contributed by atoms with Gasteiger partial charge in [-0.05, 0) is 38.3 Å². The van der Waals surface area contributed by atoms with E-state index in [2.05, 4.69) is 10.6 Å². The summed E-state index contributed by atoms with van der Waals surface area (Å²) in [6.07, 6.45) is 2.74. The fraction of sp³-hybridized carbons (Fsp3) is 0.467. The van der Waals surface area contributed by atoms with Gasteiger partial charge < -0.3 is 15.7 Å². The molecule has 1 aliphatic rings. The van der Waals surface area contributed by atoms with Crippen molar-refractivity contribution in [1.82, 2.24) is 10.6 Å². The molecule has 0 saturated carbocycles. The third kappa shape index (κ3) is 3.17. The van der Waals surface area contributed by atoms with Gasteiger partial charge in [0.15, 0.2) is 6.04 Å². The molecule has 0 spiro atoms. The van der Waals surface area contributed by atoms with Gasteiger partial charge in [0, 0.05) is 0 Å². The molecule has 20 heavy (non-hydrogen) atoms. The lowest BCUT2D eigenvalue weighted by Gasteiger charge is -2.34. The second-order valence-electron chi connectivity index (χ2n) is 5.37. The molecule has 0 bridgehead atoms. The number of benzene rings is 1. The summed E-state index contributed by atoms with van der Waals surface area (Å²) in [7, 11) is 0. The SMILES string of the molecule is CC1(C(=O)NC(C(=O)O)c2ccccc2)CCCCN1. The molecule has 2 unspecified atom stereocenters. The van der Waals surface area contributed by atoms with Crippen molar-refractivity contribution in [2.24, 2.45) is 0 Å². The Morgan fingerprint density at radius 3 is 2.55 bits per heavy atom. The van der Waals surface area contributed by atoms with E-state index in [9.17, 15) is 14.7 Å². The van der Waals surface area contributed by atoms with Crippen LogP contribution in [-0.2, 0) is 9.59 Å². The van der Waals surface area contributed by atoms with Crippen LogP contribution in [0.15, 0.2) is 30.3 Å². The average Bonchev–Trinajstić information content (AvgIpc) is 2.45. The number of nitrogens with one attached hydrogen (secondary N) is 2. The first-order valence-corrected chi connectivity index (χ1v) is 6.87. The maximum Gasteiger partial charge on any atom is 0.330 e. The fourth-order valence-corrected chi connectivity index (χ4v) is 2.47. The number of amides is 1. The van der Waals surface area contributed by atoms with Gasteiger partial charge in [0.1, 0.15) is 0 Å². The quantitative estimate of drug-likeness (QED) is 0.778. The number of carbonyl (C=O) groups is 2. The zero-order valence-electron chi connectivity index (χ0n) is 11.6. The lowest BCUT2D eigenvalue weighted by molar-refractivity contribution is -0.143. The van der Waals surface area contributed by atoms with E-state index in [0.29, 0.717) is 5.56 Å². The smallest absolute Gasteiger partial charge is 0.330 e. The van der Waals surface area contributed by atoms with E-state index in [0.717, 1.165) is 25.8 Å². The van der Waals surface area contributed by atoms with Gasteiger partial charge in [0.05, 0.1) is 5.54 Å². The number of hydrogen-bond donors (Lipinski definition) is 3. The Morgan fingerprint density at radius 1 is 1.30 bits per heavy atom. The molecule has 1 saturated heterocycles. The van der Waals surface area contributed by atoms with Gasteiger partial charge in [-0.2, -0.15) is 0 Å². The lowest BCUT2D eigenvalue weighted by atomic mass is 9.89. The summed E-state index contributed by atoms with van der Waals surface area (Å²) in [5.41, 5.74) is -0.103. The van der Waals surface area contributed by atoms with Crippen molar-refractivity contribution in [3.05, 3.63) is 35.9 Å². The van der Waals surface area contributed by atoms with Crippen LogP contribution >= 0.6 is 0 Å². The van der Waals surface area contributed by atoms with Crippen molar-refractivity contribution in [2.45, 2.75) is 37.8 Å². The van der Waals surface area contributed by atoms with Crippen LogP contribution in [0.3, 0.4) is 0 Å². The van der Waals surface area contributed by atoms with Crippen LogP contribution in [0.5, 0.6) is 0 Å². The highest BCUT2D eigenvalue weighted by Crippen LogP contribution is 2.21. The number of hydrogen-bond acceptors (Lipinski definition) is 3. The normalized spacial score (nSPS) is 23.9. The fourth-order valence-electron chi connectivity index (χ4n) is 2.47. The van der Waals surface area contributed by atoms with Crippen molar-refractivity contribution >= 4 is 11.9 Å². The first kappa shape index (κ1) is 14.5. The topological polar surface area (TPSA) is 78.4 Å². The summed E-state index contributed by atoms with van der Waals surface area (Å²) >= 11 is 0. The van der Waals surface area contributed by atoms with Crippen molar-refractivity contribution in [3.63, 3.8) is 0 Å². The van der Waals surface area contributed by atoms with E-state index in [1.165, 1.54) is 0 Å². The van der Waals surface area contributed by atoms with Gasteiger partial charge in [0.2, 0.25) is 5.91 Å². The summed E-state index contributed by atoms with van der Waals surface area (Å²) in [5, 5.41) is 15.2. The molecule has 5 nitrogen and oxygen atoms in total. The van der Waals surface area contributed by atoms with Crippen LogP contribution in [0.4, 0.5) is 0 Å². The zero-order chi connectivity index (χ0) is 14.6. The monoisotopic (exact) mass is 276 g/mol. The molecule has 1 aromatic rings. The summed E-state index contributed by atoms with van der Waals surface area (Å²) < 4.78 is 0. The maximum absolute atomic E-state index is 12.4. The number of aliphatic carboxylic acids is 1. The minimum Gasteiger partial charge on any atom is -0.479 e. The van der Waals surface area contributed by atoms with Crippen LogP contribution in [0.1, 0.15) is 37.8 Å². The third-order valence-electron chi connectivity index (χ3n) is 3.78. The van der Waals surface area contributed by atoms with Gasteiger partial charge in [-0.3, -0.25) is 4.79 Å². The van der Waals surface area contributed by atoms with Crippen LogP contribution in [0, 0.1) is 0 Å². The average molecular weight is 276 g/mol. The molecule has 108 valence electrons. The summed E-state index contributed by atoms with van der Waals surface area (Å²) in [4.78, 5) is 23.8. The van der Waals surface area contributed by atoms with E-state index in [4.69, 9.17) is 0 Å². The first-order chi connectivity index (χ1) is 9.53. The lowest BCUT2D eigenvalue weighted by Crippen LogP contribution is -2.58. The van der Waals surface area contributed by atoms with E-state index in [1.807, 2.05) is 13.0 Å². The Kier molecular flexibility index (Phi) is 4.39. The van der Waals surface area contributed by atoms with E-state index in [1.54, 1.807) is 24.3 Å². The van der Waals surface area contributed by atoms with Gasteiger partial charge >= 0.3 is 5.97 Å². The first-order valence-electron chi connectivity index (χ1n) is 6.87. The molecular formula is C15H20N2O3. The highest BCUT2D eigenvalue weighted by Gasteiger charge is 2.36. The Labute approximate surface area is 118 Å². The molecular weight excluding hydrogens is 256 g/mol. The number of carboxylic acid groups (broad SMARTS) is 1. The van der Waals surface area contributed by atoms with Crippen LogP contribution in [-0.4, -0.2) is 29.1 Å². The molecule has 1 fully saturated rings. The molecule has 5 heteroatoms. The standard InChI is InChI=1S/C15H20N2O3/c1-15(9-5-6-10-16-15)14(20)17-12(13(18)19)11-7-3-2-4-8-11/h2-4,7-8,12,16H,5-6,9-10H2,1H3,(H,17,20)(H,18,19). The third-order valence-corrected chi connectivity index (χ3v) is 3.78. The summed E-state index contributed by atoms with van der Waals surface area (Å²) in [5.74, 6) is -1.31. The van der Waals surface area contributed by atoms with Gasteiger partial charge in [0.25, 0.3) is 0 Å². The van der Waals surface area contributed by atoms with Crippen molar-refractivity contribution in [2.75, 3.05) is 6.54 Å². The van der Waals surface area contributed by atoms with Crippen LogP contribution in [0.25, 0.3) is 0 Å².